The number of nitrogens with zero attached hydrogens (tertiary/aromatic N) is 2. The minimum absolute atomic E-state index is 0.126. The van der Waals surface area contributed by atoms with Crippen molar-refractivity contribution in [2.75, 3.05) is 25.1 Å². The second kappa shape index (κ2) is 5.50. The highest BCUT2D eigenvalue weighted by Gasteiger charge is 2.29. The van der Waals surface area contributed by atoms with Gasteiger partial charge in [-0.2, -0.15) is 5.10 Å². The summed E-state index contributed by atoms with van der Waals surface area (Å²) in [4.78, 5) is 24.2. The Morgan fingerprint density at radius 2 is 2.50 bits per heavy atom. The van der Waals surface area contributed by atoms with Gasteiger partial charge in [-0.05, 0) is 0 Å². The molecule has 3 N–H and O–H groups in total. The Labute approximate surface area is 103 Å². The SMILES string of the molecule is O=C(O)CC1COCCN1C(=O)Nc1cn[nH]c1. The Kier molecular flexibility index (Phi) is 3.78. The number of H-pyrrole nitrogens is 1. The third-order valence-electron chi connectivity index (χ3n) is 2.65. The Hall–Kier alpha value is -2.09. The van der Waals surface area contributed by atoms with Crippen molar-refractivity contribution >= 4 is 17.7 Å². The lowest BCUT2D eigenvalue weighted by Crippen LogP contribution is -2.51. The Bertz CT molecular complexity index is 420. The van der Waals surface area contributed by atoms with Crippen molar-refractivity contribution in [3.63, 3.8) is 0 Å². The second-order valence-electron chi connectivity index (χ2n) is 3.94. The van der Waals surface area contributed by atoms with Gasteiger partial charge in [0.25, 0.3) is 0 Å². The van der Waals surface area contributed by atoms with Gasteiger partial charge in [0, 0.05) is 12.7 Å². The molecular formula is C10H14N4O4. The second-order valence-corrected chi connectivity index (χ2v) is 3.94. The predicted molar refractivity (Wildman–Crippen MR) is 61.2 cm³/mol. The molecule has 1 aliphatic rings. The minimum Gasteiger partial charge on any atom is -0.481 e. The van der Waals surface area contributed by atoms with Crippen molar-refractivity contribution in [1.29, 1.82) is 0 Å². The zero-order chi connectivity index (χ0) is 13.0. The lowest BCUT2D eigenvalue weighted by atomic mass is 10.1. The Morgan fingerprint density at radius 1 is 1.67 bits per heavy atom. The molecule has 2 rings (SSSR count). The highest BCUT2D eigenvalue weighted by molar-refractivity contribution is 5.89. The fourth-order valence-electron chi connectivity index (χ4n) is 1.81. The van der Waals surface area contributed by atoms with Crippen molar-refractivity contribution < 1.29 is 19.4 Å². The van der Waals surface area contributed by atoms with E-state index in [0.29, 0.717) is 18.8 Å². The van der Waals surface area contributed by atoms with Gasteiger partial charge < -0.3 is 20.1 Å². The average Bonchev–Trinajstić information content (AvgIpc) is 2.81. The first kappa shape index (κ1) is 12.4. The number of hydrogen-bond donors (Lipinski definition) is 3. The molecule has 1 saturated heterocycles. The van der Waals surface area contributed by atoms with E-state index in [1.165, 1.54) is 11.1 Å². The maximum absolute atomic E-state index is 12.0. The molecule has 1 fully saturated rings. The molecule has 1 aromatic heterocycles. The van der Waals surface area contributed by atoms with Crippen LogP contribution in [0.4, 0.5) is 10.5 Å². The molecular weight excluding hydrogens is 240 g/mol. The van der Waals surface area contributed by atoms with E-state index in [9.17, 15) is 9.59 Å². The number of carbonyl (C=O) groups excluding carboxylic acids is 1. The van der Waals surface area contributed by atoms with Crippen LogP contribution in [0.1, 0.15) is 6.42 Å². The van der Waals surface area contributed by atoms with Crippen molar-refractivity contribution in [2.24, 2.45) is 0 Å². The summed E-state index contributed by atoms with van der Waals surface area (Å²) in [7, 11) is 0. The largest absolute Gasteiger partial charge is 0.481 e. The van der Waals surface area contributed by atoms with Gasteiger partial charge in [-0.1, -0.05) is 0 Å². The number of carboxylic acid groups (broad SMARTS) is 1. The number of morpholine rings is 1. The summed E-state index contributed by atoms with van der Waals surface area (Å²) in [5.74, 6) is -0.952. The van der Waals surface area contributed by atoms with Crippen LogP contribution in [0.3, 0.4) is 0 Å². The molecule has 0 saturated carbocycles. The molecule has 0 radical (unpaired) electrons. The van der Waals surface area contributed by atoms with Gasteiger partial charge in [-0.25, -0.2) is 4.79 Å². The Morgan fingerprint density at radius 3 is 3.17 bits per heavy atom. The maximum Gasteiger partial charge on any atom is 0.322 e. The van der Waals surface area contributed by atoms with Crippen LogP contribution >= 0.6 is 0 Å². The molecule has 8 heteroatoms. The van der Waals surface area contributed by atoms with Crippen molar-refractivity contribution in [2.45, 2.75) is 12.5 Å². The highest BCUT2D eigenvalue weighted by atomic mass is 16.5. The predicted octanol–water partition coefficient (Wildman–Crippen LogP) is 0.117. The van der Waals surface area contributed by atoms with Crippen LogP contribution in [0, 0.1) is 0 Å². The Balaban J connectivity index is 1.99. The number of carbonyl (C=O) groups is 2. The number of amides is 2. The fourth-order valence-corrected chi connectivity index (χ4v) is 1.81. The average molecular weight is 254 g/mol. The first-order valence-electron chi connectivity index (χ1n) is 5.53. The first-order chi connectivity index (χ1) is 8.66. The first-order valence-corrected chi connectivity index (χ1v) is 5.53. The highest BCUT2D eigenvalue weighted by Crippen LogP contribution is 2.13. The van der Waals surface area contributed by atoms with Gasteiger partial charge in [0.15, 0.2) is 0 Å². The quantitative estimate of drug-likeness (QED) is 0.710. The number of nitrogens with one attached hydrogen (secondary N) is 2. The lowest BCUT2D eigenvalue weighted by molar-refractivity contribution is -0.139. The van der Waals surface area contributed by atoms with E-state index in [0.717, 1.165) is 0 Å². The summed E-state index contributed by atoms with van der Waals surface area (Å²) in [6.45, 7) is 1.03. The molecule has 2 heterocycles. The summed E-state index contributed by atoms with van der Waals surface area (Å²) in [5, 5.41) is 17.7. The smallest absolute Gasteiger partial charge is 0.322 e. The van der Waals surface area contributed by atoms with Gasteiger partial charge in [-0.3, -0.25) is 9.89 Å². The molecule has 2 amide bonds. The van der Waals surface area contributed by atoms with Crippen molar-refractivity contribution in [3.05, 3.63) is 12.4 Å². The van der Waals surface area contributed by atoms with Gasteiger partial charge in [0.05, 0.1) is 37.6 Å². The standard InChI is InChI=1S/C10H14N4O4/c15-9(16)3-8-6-18-2-1-14(8)10(17)13-7-4-11-12-5-7/h4-5,8H,1-3,6H2,(H,11,12)(H,13,17)(H,15,16). The third kappa shape index (κ3) is 2.98. The number of anilines is 1. The topological polar surface area (TPSA) is 108 Å². The lowest BCUT2D eigenvalue weighted by Gasteiger charge is -2.34. The number of aromatic nitrogens is 2. The minimum atomic E-state index is -0.952. The van der Waals surface area contributed by atoms with E-state index in [1.807, 2.05) is 0 Å². The zero-order valence-corrected chi connectivity index (χ0v) is 9.63. The van der Waals surface area contributed by atoms with Gasteiger partial charge in [0.1, 0.15) is 0 Å². The molecule has 1 atom stereocenters. The molecule has 0 aliphatic carbocycles. The van der Waals surface area contributed by atoms with E-state index in [-0.39, 0.29) is 19.1 Å². The van der Waals surface area contributed by atoms with Crippen molar-refractivity contribution in [3.8, 4) is 0 Å². The third-order valence-corrected chi connectivity index (χ3v) is 2.65. The molecule has 1 aliphatic heterocycles. The number of ether oxygens (including phenoxy) is 1. The molecule has 0 bridgehead atoms. The summed E-state index contributed by atoms with van der Waals surface area (Å²) >= 11 is 0. The number of rotatable bonds is 3. The fraction of sp³-hybridized carbons (Fsp3) is 0.500. The van der Waals surface area contributed by atoms with Crippen LogP contribution in [0.2, 0.25) is 0 Å². The molecule has 0 aromatic carbocycles. The van der Waals surface area contributed by atoms with E-state index in [4.69, 9.17) is 9.84 Å². The van der Waals surface area contributed by atoms with E-state index in [2.05, 4.69) is 15.5 Å². The molecule has 18 heavy (non-hydrogen) atoms. The van der Waals surface area contributed by atoms with Gasteiger partial charge in [0.2, 0.25) is 0 Å². The number of aromatic amines is 1. The van der Waals surface area contributed by atoms with Crippen LogP contribution in [0.5, 0.6) is 0 Å². The number of carboxylic acids is 1. The zero-order valence-electron chi connectivity index (χ0n) is 9.63. The normalized spacial score (nSPS) is 19.6. The molecule has 1 aromatic rings. The van der Waals surface area contributed by atoms with E-state index in [1.54, 1.807) is 6.20 Å². The van der Waals surface area contributed by atoms with Gasteiger partial charge in [-0.15, -0.1) is 0 Å². The summed E-state index contributed by atoms with van der Waals surface area (Å²) in [6, 6.07) is -0.783. The summed E-state index contributed by atoms with van der Waals surface area (Å²) < 4.78 is 5.20. The van der Waals surface area contributed by atoms with Crippen LogP contribution in [-0.4, -0.2) is 58.0 Å². The number of aliphatic carboxylic acids is 1. The number of hydrogen-bond acceptors (Lipinski definition) is 4. The maximum atomic E-state index is 12.0. The summed E-state index contributed by atoms with van der Waals surface area (Å²) in [6.07, 6.45) is 2.90. The summed E-state index contributed by atoms with van der Waals surface area (Å²) in [5.41, 5.74) is 0.542. The molecule has 8 nitrogen and oxygen atoms in total. The molecule has 1 unspecified atom stereocenters. The van der Waals surface area contributed by atoms with Gasteiger partial charge >= 0.3 is 12.0 Å². The van der Waals surface area contributed by atoms with Crippen LogP contribution in [-0.2, 0) is 9.53 Å². The van der Waals surface area contributed by atoms with Crippen LogP contribution in [0.15, 0.2) is 12.4 Å². The van der Waals surface area contributed by atoms with Crippen molar-refractivity contribution in [1.82, 2.24) is 15.1 Å². The monoisotopic (exact) mass is 254 g/mol. The molecule has 0 spiro atoms. The van der Waals surface area contributed by atoms with E-state index < -0.39 is 12.0 Å². The number of urea groups is 1. The van der Waals surface area contributed by atoms with Crippen LogP contribution in [0.25, 0.3) is 0 Å². The van der Waals surface area contributed by atoms with E-state index >= 15 is 0 Å². The molecule has 98 valence electrons. The van der Waals surface area contributed by atoms with Crippen LogP contribution < -0.4 is 5.32 Å².